The largest absolute Gasteiger partial charge is 0.343 e. The smallest absolute Gasteiger partial charge is 0.244 e. The molecule has 0 spiro atoms. The van der Waals surface area contributed by atoms with Crippen molar-refractivity contribution in [2.75, 3.05) is 13.1 Å². The average Bonchev–Trinajstić information content (AvgIpc) is 3.70. The lowest BCUT2D eigenvalue weighted by Crippen LogP contribution is -2.35. The summed E-state index contributed by atoms with van der Waals surface area (Å²) in [7, 11) is 0. The Morgan fingerprint density at radius 1 is 1.13 bits per heavy atom. The Morgan fingerprint density at radius 3 is 2.62 bits per heavy atom. The monoisotopic (exact) mass is 564 g/mol. The number of aryl methyl sites for hydroxylation is 1. The van der Waals surface area contributed by atoms with Crippen LogP contribution < -0.4 is 5.32 Å². The molecule has 0 saturated carbocycles. The molecule has 1 atom stereocenters. The van der Waals surface area contributed by atoms with Crippen LogP contribution in [0.2, 0.25) is 10.2 Å². The third kappa shape index (κ3) is 6.35. The maximum atomic E-state index is 13.1. The first-order valence-electron chi connectivity index (χ1n) is 12.5. The number of amides is 2. The number of nitrogens with one attached hydrogen (secondary N) is 2. The molecule has 1 saturated heterocycles. The van der Waals surface area contributed by atoms with E-state index >= 15 is 0 Å². The molecule has 12 heteroatoms. The van der Waals surface area contributed by atoms with Crippen molar-refractivity contribution in [2.45, 2.75) is 32.2 Å². The van der Waals surface area contributed by atoms with Crippen LogP contribution in [0.3, 0.4) is 0 Å². The van der Waals surface area contributed by atoms with Crippen LogP contribution in [0.15, 0.2) is 54.9 Å². The zero-order chi connectivity index (χ0) is 27.4. The van der Waals surface area contributed by atoms with Crippen molar-refractivity contribution < 1.29 is 9.59 Å². The molecule has 0 unspecified atom stereocenters. The van der Waals surface area contributed by atoms with E-state index in [9.17, 15) is 9.59 Å². The zero-order valence-electron chi connectivity index (χ0n) is 21.1. The number of imidazole rings is 1. The van der Waals surface area contributed by atoms with Crippen LogP contribution in [0.4, 0.5) is 0 Å². The van der Waals surface area contributed by atoms with Crippen molar-refractivity contribution in [2.24, 2.45) is 0 Å². The van der Waals surface area contributed by atoms with Gasteiger partial charge in [0.05, 0.1) is 18.2 Å². The van der Waals surface area contributed by atoms with Gasteiger partial charge in [-0.25, -0.2) is 4.98 Å². The first-order valence-corrected chi connectivity index (χ1v) is 13.2. The predicted octanol–water partition coefficient (Wildman–Crippen LogP) is 4.55. The molecule has 2 amide bonds. The first-order chi connectivity index (χ1) is 18.9. The number of nitrogens with zero attached hydrogens (tertiary/aromatic N) is 6. The molecule has 1 aliphatic rings. The summed E-state index contributed by atoms with van der Waals surface area (Å²) in [6.45, 7) is 3.42. The zero-order valence-corrected chi connectivity index (χ0v) is 22.7. The average molecular weight is 565 g/mol. The van der Waals surface area contributed by atoms with Crippen molar-refractivity contribution in [3.63, 3.8) is 0 Å². The number of likely N-dealkylation sites (tertiary alicyclic amines) is 1. The van der Waals surface area contributed by atoms with Crippen molar-refractivity contribution >= 4 is 41.1 Å². The molecular formula is C27H26Cl2N8O2. The van der Waals surface area contributed by atoms with E-state index in [0.29, 0.717) is 46.0 Å². The van der Waals surface area contributed by atoms with Gasteiger partial charge in [0.25, 0.3) is 0 Å². The lowest BCUT2D eigenvalue weighted by molar-refractivity contribution is -0.131. The van der Waals surface area contributed by atoms with Crippen molar-refractivity contribution in [3.8, 4) is 16.9 Å². The highest BCUT2D eigenvalue weighted by Crippen LogP contribution is 2.29. The number of halogens is 2. The number of tetrazole rings is 1. The fraction of sp³-hybridized carbons (Fsp3) is 0.259. The van der Waals surface area contributed by atoms with Gasteiger partial charge in [0.15, 0.2) is 0 Å². The molecule has 3 heterocycles. The van der Waals surface area contributed by atoms with E-state index in [4.69, 9.17) is 23.2 Å². The molecule has 200 valence electrons. The molecule has 10 nitrogen and oxygen atoms in total. The third-order valence-corrected chi connectivity index (χ3v) is 7.00. The highest BCUT2D eigenvalue weighted by atomic mass is 35.5. The number of aromatic nitrogens is 6. The van der Waals surface area contributed by atoms with Gasteiger partial charge in [0.2, 0.25) is 11.8 Å². The summed E-state index contributed by atoms with van der Waals surface area (Å²) in [5.74, 6) is -0.0646. The Kier molecular flexibility index (Phi) is 8.04. The normalized spacial score (nSPS) is 14.2. The fourth-order valence-corrected chi connectivity index (χ4v) is 4.88. The summed E-state index contributed by atoms with van der Waals surface area (Å²) < 4.78 is 1.48. The molecule has 2 N–H and O–H groups in total. The van der Waals surface area contributed by atoms with Crippen LogP contribution in [0.5, 0.6) is 0 Å². The van der Waals surface area contributed by atoms with Crippen LogP contribution >= 0.6 is 23.2 Å². The summed E-state index contributed by atoms with van der Waals surface area (Å²) in [5.41, 5.74) is 3.79. The fourth-order valence-electron chi connectivity index (χ4n) is 4.45. The van der Waals surface area contributed by atoms with Gasteiger partial charge in [0.1, 0.15) is 23.0 Å². The molecule has 5 rings (SSSR count). The Morgan fingerprint density at radius 2 is 1.90 bits per heavy atom. The Hall–Kier alpha value is -4.02. The SMILES string of the molecule is Cc1ccc(-c2nc([C@H](CC(=O)N3CCCC3)NC(=O)/C=C/c3cc(Cl)ccc3-n3cnnn3)[nH]c2Cl)cc1. The topological polar surface area (TPSA) is 122 Å². The van der Waals surface area contributed by atoms with Crippen LogP contribution in [-0.2, 0) is 9.59 Å². The van der Waals surface area contributed by atoms with Crippen molar-refractivity contribution in [1.29, 1.82) is 0 Å². The predicted molar refractivity (Wildman–Crippen MR) is 148 cm³/mol. The van der Waals surface area contributed by atoms with Crippen LogP contribution in [0.25, 0.3) is 23.0 Å². The molecule has 1 fully saturated rings. The quantitative estimate of drug-likeness (QED) is 0.303. The number of rotatable bonds is 8. The van der Waals surface area contributed by atoms with E-state index < -0.39 is 11.9 Å². The van der Waals surface area contributed by atoms with E-state index in [1.807, 2.05) is 36.1 Å². The molecule has 2 aromatic heterocycles. The van der Waals surface area contributed by atoms with Crippen LogP contribution in [0.1, 0.15) is 42.3 Å². The second-order valence-corrected chi connectivity index (χ2v) is 10.1. The molecule has 0 aliphatic carbocycles. The molecule has 1 aliphatic heterocycles. The minimum absolute atomic E-state index is 0.0454. The summed E-state index contributed by atoms with van der Waals surface area (Å²) in [6, 6.07) is 12.3. The van der Waals surface area contributed by atoms with E-state index in [2.05, 4.69) is 30.8 Å². The lowest BCUT2D eigenvalue weighted by atomic mass is 10.1. The number of carbonyl (C=O) groups is 2. The second kappa shape index (κ2) is 11.8. The lowest BCUT2D eigenvalue weighted by Gasteiger charge is -2.20. The van der Waals surface area contributed by atoms with E-state index in [0.717, 1.165) is 24.0 Å². The third-order valence-electron chi connectivity index (χ3n) is 6.49. The molecule has 0 bridgehead atoms. The molecule has 4 aromatic rings. The summed E-state index contributed by atoms with van der Waals surface area (Å²) in [5, 5.41) is 15.0. The minimum Gasteiger partial charge on any atom is -0.343 e. The number of benzene rings is 2. The van der Waals surface area contributed by atoms with E-state index in [1.54, 1.807) is 24.3 Å². The van der Waals surface area contributed by atoms with E-state index in [-0.39, 0.29) is 12.3 Å². The maximum Gasteiger partial charge on any atom is 0.244 e. The van der Waals surface area contributed by atoms with Gasteiger partial charge in [-0.15, -0.1) is 5.10 Å². The highest BCUT2D eigenvalue weighted by molar-refractivity contribution is 6.32. The Balaban J connectivity index is 1.40. The van der Waals surface area contributed by atoms with Crippen molar-refractivity contribution in [1.82, 2.24) is 40.4 Å². The maximum absolute atomic E-state index is 13.1. The summed E-state index contributed by atoms with van der Waals surface area (Å²) in [6.07, 6.45) is 6.43. The van der Waals surface area contributed by atoms with Crippen LogP contribution in [-0.4, -0.2) is 60.0 Å². The van der Waals surface area contributed by atoms with Gasteiger partial charge in [-0.1, -0.05) is 53.0 Å². The van der Waals surface area contributed by atoms with Gasteiger partial charge >= 0.3 is 0 Å². The highest BCUT2D eigenvalue weighted by Gasteiger charge is 2.27. The minimum atomic E-state index is -0.717. The van der Waals surface area contributed by atoms with Gasteiger partial charge in [-0.3, -0.25) is 9.59 Å². The number of hydrogen-bond donors (Lipinski definition) is 2. The van der Waals surface area contributed by atoms with Crippen molar-refractivity contribution in [3.05, 3.63) is 82.0 Å². The summed E-state index contributed by atoms with van der Waals surface area (Å²) >= 11 is 12.7. The molecule has 0 radical (unpaired) electrons. The van der Waals surface area contributed by atoms with Gasteiger partial charge in [-0.05, 0) is 54.5 Å². The number of aromatic amines is 1. The standard InChI is InChI=1S/C27H26Cl2N8O2/c1-17-4-6-18(7-5-17)25-26(29)33-27(32-25)21(15-24(39)36-12-2-3-13-36)31-23(38)11-8-19-14-20(28)9-10-22(19)37-16-30-34-35-37/h4-11,14,16,21H,2-3,12-13,15H2,1H3,(H,31,38)(H,32,33)/b11-8+/t21-/m0/s1. The summed E-state index contributed by atoms with van der Waals surface area (Å²) in [4.78, 5) is 35.7. The van der Waals surface area contributed by atoms with Gasteiger partial charge in [-0.2, -0.15) is 4.68 Å². The first kappa shape index (κ1) is 26.6. The number of carbonyl (C=O) groups excluding carboxylic acids is 2. The molecule has 2 aromatic carbocycles. The Labute approximate surface area is 235 Å². The van der Waals surface area contributed by atoms with Gasteiger partial charge in [0, 0.05) is 35.3 Å². The molecule has 39 heavy (non-hydrogen) atoms. The molecular weight excluding hydrogens is 539 g/mol. The van der Waals surface area contributed by atoms with Crippen LogP contribution in [0, 0.1) is 6.92 Å². The van der Waals surface area contributed by atoms with E-state index in [1.165, 1.54) is 17.1 Å². The Bertz CT molecular complexity index is 1490. The number of hydrogen-bond acceptors (Lipinski definition) is 6. The number of H-pyrrole nitrogens is 1. The second-order valence-electron chi connectivity index (χ2n) is 9.29. The van der Waals surface area contributed by atoms with Gasteiger partial charge < -0.3 is 15.2 Å².